The molecule has 0 aliphatic carbocycles. The van der Waals surface area contributed by atoms with Crippen molar-refractivity contribution in [3.63, 3.8) is 0 Å². The van der Waals surface area contributed by atoms with Gasteiger partial charge in [0.2, 0.25) is 0 Å². The molecular weight excluding hydrogens is 415 g/mol. The predicted octanol–water partition coefficient (Wildman–Crippen LogP) is 4.77. The van der Waals surface area contributed by atoms with Crippen LogP contribution in [0.5, 0.6) is 0 Å². The molecule has 3 rings (SSSR count). The number of rotatable bonds is 6. The van der Waals surface area contributed by atoms with Crippen molar-refractivity contribution in [3.8, 4) is 0 Å². The molecule has 1 unspecified atom stereocenters. The maximum absolute atomic E-state index is 13.0. The monoisotopic (exact) mass is 432 g/mol. The molecule has 0 fully saturated rings. The molecule has 0 heterocycles. The fraction of sp³-hybridized carbons (Fsp3) is 0.0952. The third-order valence-electron chi connectivity index (χ3n) is 4.24. The van der Waals surface area contributed by atoms with Gasteiger partial charge in [-0.1, -0.05) is 23.7 Å². The first-order valence-electron chi connectivity index (χ1n) is 8.69. The first-order valence-corrected chi connectivity index (χ1v) is 10.6. The van der Waals surface area contributed by atoms with Crippen LogP contribution in [0.15, 0.2) is 77.7 Å². The van der Waals surface area contributed by atoms with Crippen molar-refractivity contribution < 1.29 is 17.6 Å². The molecular formula is C21H18ClFN2O3S. The van der Waals surface area contributed by atoms with E-state index in [1.54, 1.807) is 12.1 Å². The van der Waals surface area contributed by atoms with Crippen LogP contribution in [0.2, 0.25) is 5.02 Å². The van der Waals surface area contributed by atoms with Gasteiger partial charge in [0.25, 0.3) is 15.9 Å². The molecule has 0 aliphatic rings. The minimum atomic E-state index is -3.85. The van der Waals surface area contributed by atoms with Crippen molar-refractivity contribution >= 4 is 33.2 Å². The van der Waals surface area contributed by atoms with E-state index in [4.69, 9.17) is 11.6 Å². The Morgan fingerprint density at radius 1 is 0.931 bits per heavy atom. The van der Waals surface area contributed by atoms with Crippen molar-refractivity contribution in [2.45, 2.75) is 17.9 Å². The van der Waals surface area contributed by atoms with E-state index in [1.165, 1.54) is 36.4 Å². The summed E-state index contributed by atoms with van der Waals surface area (Å²) in [7, 11) is -3.85. The van der Waals surface area contributed by atoms with Crippen molar-refractivity contribution in [2.24, 2.45) is 0 Å². The van der Waals surface area contributed by atoms with Gasteiger partial charge in [0.05, 0.1) is 10.9 Å². The second-order valence-electron chi connectivity index (χ2n) is 6.38. The Morgan fingerprint density at radius 2 is 1.52 bits per heavy atom. The third-order valence-corrected chi connectivity index (χ3v) is 5.89. The highest BCUT2D eigenvalue weighted by Crippen LogP contribution is 2.19. The maximum Gasteiger partial charge on any atom is 0.261 e. The number of amides is 1. The SMILES string of the molecule is CC(NC(=O)c1ccc(NS(=O)(=O)c2ccc(F)cc2)cc1)c1ccc(Cl)cc1. The average Bonchev–Trinajstić information content (AvgIpc) is 2.69. The van der Waals surface area contributed by atoms with Crippen LogP contribution < -0.4 is 10.0 Å². The number of hydrogen-bond donors (Lipinski definition) is 2. The molecule has 1 amide bonds. The van der Waals surface area contributed by atoms with Crippen LogP contribution in [0.1, 0.15) is 28.9 Å². The van der Waals surface area contributed by atoms with Gasteiger partial charge in [-0.2, -0.15) is 0 Å². The summed E-state index contributed by atoms with van der Waals surface area (Å²) in [6.45, 7) is 1.85. The van der Waals surface area contributed by atoms with E-state index < -0.39 is 15.8 Å². The van der Waals surface area contributed by atoms with E-state index in [9.17, 15) is 17.6 Å². The quantitative estimate of drug-likeness (QED) is 0.589. The molecule has 29 heavy (non-hydrogen) atoms. The molecule has 150 valence electrons. The highest BCUT2D eigenvalue weighted by molar-refractivity contribution is 7.92. The van der Waals surface area contributed by atoms with E-state index in [2.05, 4.69) is 10.0 Å². The summed E-state index contributed by atoms with van der Waals surface area (Å²) < 4.78 is 40.0. The van der Waals surface area contributed by atoms with Gasteiger partial charge in [0, 0.05) is 16.3 Å². The smallest absolute Gasteiger partial charge is 0.261 e. The van der Waals surface area contributed by atoms with Crippen LogP contribution in [-0.2, 0) is 10.0 Å². The zero-order valence-corrected chi connectivity index (χ0v) is 17.0. The third kappa shape index (κ3) is 5.34. The van der Waals surface area contributed by atoms with Gasteiger partial charge in [0.1, 0.15) is 5.82 Å². The molecule has 3 aromatic rings. The van der Waals surface area contributed by atoms with Gasteiger partial charge in [-0.3, -0.25) is 9.52 Å². The Bertz CT molecular complexity index is 1100. The minimum absolute atomic E-state index is 0.0579. The van der Waals surface area contributed by atoms with Gasteiger partial charge in [0.15, 0.2) is 0 Å². The molecule has 0 bridgehead atoms. The molecule has 0 aromatic heterocycles. The molecule has 1 atom stereocenters. The highest BCUT2D eigenvalue weighted by atomic mass is 35.5. The fourth-order valence-electron chi connectivity index (χ4n) is 2.63. The summed E-state index contributed by atoms with van der Waals surface area (Å²) in [6, 6.07) is 17.5. The van der Waals surface area contributed by atoms with Crippen molar-refractivity contribution in [1.82, 2.24) is 5.32 Å². The first-order chi connectivity index (χ1) is 13.7. The number of anilines is 1. The van der Waals surface area contributed by atoms with E-state index in [-0.39, 0.29) is 22.5 Å². The number of halogens is 2. The minimum Gasteiger partial charge on any atom is -0.346 e. The van der Waals surface area contributed by atoms with Crippen molar-refractivity contribution in [1.29, 1.82) is 0 Å². The number of carbonyl (C=O) groups excluding carboxylic acids is 1. The molecule has 3 aromatic carbocycles. The second-order valence-corrected chi connectivity index (χ2v) is 8.50. The number of benzene rings is 3. The Labute approximate surface area is 173 Å². The summed E-state index contributed by atoms with van der Waals surface area (Å²) >= 11 is 5.87. The average molecular weight is 433 g/mol. The number of hydrogen-bond acceptors (Lipinski definition) is 3. The van der Waals surface area contributed by atoms with E-state index in [0.717, 1.165) is 17.7 Å². The number of nitrogens with one attached hydrogen (secondary N) is 2. The molecule has 0 saturated carbocycles. The van der Waals surface area contributed by atoms with Crippen LogP contribution in [0.25, 0.3) is 0 Å². The van der Waals surface area contributed by atoms with Gasteiger partial charge in [-0.15, -0.1) is 0 Å². The van der Waals surface area contributed by atoms with Crippen molar-refractivity contribution in [3.05, 3.63) is 94.8 Å². The largest absolute Gasteiger partial charge is 0.346 e. The van der Waals surface area contributed by atoms with Crippen LogP contribution in [0.4, 0.5) is 10.1 Å². The molecule has 8 heteroatoms. The molecule has 5 nitrogen and oxygen atoms in total. The summed E-state index contributed by atoms with van der Waals surface area (Å²) in [6.07, 6.45) is 0. The molecule has 0 radical (unpaired) electrons. The van der Waals surface area contributed by atoms with Crippen LogP contribution >= 0.6 is 11.6 Å². The maximum atomic E-state index is 13.0. The van der Waals surface area contributed by atoms with E-state index >= 15 is 0 Å². The van der Waals surface area contributed by atoms with Crippen molar-refractivity contribution in [2.75, 3.05) is 4.72 Å². The van der Waals surface area contributed by atoms with Crippen LogP contribution in [0.3, 0.4) is 0 Å². The number of carbonyl (C=O) groups is 1. The highest BCUT2D eigenvalue weighted by Gasteiger charge is 2.15. The number of sulfonamides is 1. The summed E-state index contributed by atoms with van der Waals surface area (Å²) in [5, 5.41) is 3.49. The lowest BCUT2D eigenvalue weighted by Crippen LogP contribution is -2.26. The molecule has 0 saturated heterocycles. The molecule has 0 aliphatic heterocycles. The Hall–Kier alpha value is -2.90. The van der Waals surface area contributed by atoms with Crippen LogP contribution in [-0.4, -0.2) is 14.3 Å². The zero-order valence-electron chi connectivity index (χ0n) is 15.4. The van der Waals surface area contributed by atoms with Gasteiger partial charge in [-0.05, 0) is 73.2 Å². The lowest BCUT2D eigenvalue weighted by Gasteiger charge is -2.15. The Kier molecular flexibility index (Phi) is 6.20. The van der Waals surface area contributed by atoms with Gasteiger partial charge < -0.3 is 5.32 Å². The predicted molar refractivity (Wildman–Crippen MR) is 111 cm³/mol. The second kappa shape index (κ2) is 8.63. The first kappa shape index (κ1) is 20.8. The zero-order chi connectivity index (χ0) is 21.0. The summed E-state index contributed by atoms with van der Waals surface area (Å²) in [4.78, 5) is 12.4. The fourth-order valence-corrected chi connectivity index (χ4v) is 3.82. The summed E-state index contributed by atoms with van der Waals surface area (Å²) in [5.41, 5.74) is 1.58. The lowest BCUT2D eigenvalue weighted by molar-refractivity contribution is 0.0940. The normalized spacial score (nSPS) is 12.2. The Balaban J connectivity index is 1.67. The summed E-state index contributed by atoms with van der Waals surface area (Å²) in [5.74, 6) is -0.812. The van der Waals surface area contributed by atoms with Gasteiger partial charge >= 0.3 is 0 Å². The van der Waals surface area contributed by atoms with E-state index in [1.807, 2.05) is 19.1 Å². The topological polar surface area (TPSA) is 75.3 Å². The standard InChI is InChI=1S/C21H18ClFN2O3S/c1-14(15-2-6-17(22)7-3-15)24-21(26)16-4-10-19(11-5-16)25-29(27,28)20-12-8-18(23)9-13-20/h2-14,25H,1H3,(H,24,26). The van der Waals surface area contributed by atoms with E-state index in [0.29, 0.717) is 10.6 Å². The lowest BCUT2D eigenvalue weighted by atomic mass is 10.1. The van der Waals surface area contributed by atoms with Crippen LogP contribution in [0, 0.1) is 5.82 Å². The molecule has 2 N–H and O–H groups in total. The Morgan fingerprint density at radius 3 is 2.10 bits per heavy atom. The molecule has 0 spiro atoms. The van der Waals surface area contributed by atoms with Gasteiger partial charge in [-0.25, -0.2) is 12.8 Å².